The van der Waals surface area contributed by atoms with E-state index in [2.05, 4.69) is 20.0 Å². The Hall–Kier alpha value is -2.41. The molecule has 1 aromatic carbocycles. The fourth-order valence-electron chi connectivity index (χ4n) is 3.79. The van der Waals surface area contributed by atoms with E-state index in [1.807, 2.05) is 13.0 Å². The Morgan fingerprint density at radius 2 is 1.92 bits per heavy atom. The van der Waals surface area contributed by atoms with Crippen LogP contribution in [-0.4, -0.2) is 37.6 Å². The van der Waals surface area contributed by atoms with Crippen LogP contribution in [0, 0.1) is 25.5 Å². The van der Waals surface area contributed by atoms with E-state index >= 15 is 0 Å². The van der Waals surface area contributed by atoms with Crippen molar-refractivity contribution in [1.29, 1.82) is 0 Å². The molecule has 0 radical (unpaired) electrons. The second kappa shape index (κ2) is 6.72. The van der Waals surface area contributed by atoms with Gasteiger partial charge in [-0.2, -0.15) is 10.1 Å². The molecule has 1 unspecified atom stereocenters. The van der Waals surface area contributed by atoms with Crippen LogP contribution in [0.4, 0.5) is 8.78 Å². The van der Waals surface area contributed by atoms with E-state index in [4.69, 9.17) is 0 Å². The lowest BCUT2D eigenvalue weighted by molar-refractivity contribution is 0.193. The predicted octanol–water partition coefficient (Wildman–Crippen LogP) is 3.40. The molecule has 1 atom stereocenters. The monoisotopic (exact) mass is 357 g/mol. The van der Waals surface area contributed by atoms with Gasteiger partial charge in [-0.15, -0.1) is 0 Å². The van der Waals surface area contributed by atoms with Gasteiger partial charge < -0.3 is 0 Å². The summed E-state index contributed by atoms with van der Waals surface area (Å²) in [6.45, 7) is 5.47. The van der Waals surface area contributed by atoms with Gasteiger partial charge in [0.1, 0.15) is 18.0 Å². The van der Waals surface area contributed by atoms with Crippen LogP contribution in [0.1, 0.15) is 41.3 Å². The van der Waals surface area contributed by atoms with Crippen molar-refractivity contribution in [3.05, 3.63) is 58.7 Å². The molecule has 1 fully saturated rings. The summed E-state index contributed by atoms with van der Waals surface area (Å²) < 4.78 is 30.2. The summed E-state index contributed by atoms with van der Waals surface area (Å²) in [5, 5.41) is 4.29. The molecule has 136 valence electrons. The Labute approximate surface area is 150 Å². The SMILES string of the molecule is Cc1cc(F)c(CN2CCCC(c3cc(C)nc4ncnn34)C2)c(F)c1. The molecule has 1 saturated heterocycles. The highest BCUT2D eigenvalue weighted by Gasteiger charge is 2.25. The number of likely N-dealkylation sites (tertiary alicyclic amines) is 1. The first-order valence-corrected chi connectivity index (χ1v) is 8.85. The summed E-state index contributed by atoms with van der Waals surface area (Å²) in [5.41, 5.74) is 2.70. The molecule has 0 aliphatic carbocycles. The predicted molar refractivity (Wildman–Crippen MR) is 93.9 cm³/mol. The van der Waals surface area contributed by atoms with Crippen LogP contribution < -0.4 is 0 Å². The molecule has 5 nitrogen and oxygen atoms in total. The van der Waals surface area contributed by atoms with Gasteiger partial charge in [-0.05, 0) is 57.0 Å². The first-order chi connectivity index (χ1) is 12.5. The van der Waals surface area contributed by atoms with Crippen LogP contribution in [0.25, 0.3) is 5.78 Å². The minimum Gasteiger partial charge on any atom is -0.298 e. The Kier molecular flexibility index (Phi) is 4.40. The molecule has 2 aromatic heterocycles. The van der Waals surface area contributed by atoms with E-state index in [1.54, 1.807) is 11.4 Å². The summed E-state index contributed by atoms with van der Waals surface area (Å²) >= 11 is 0. The van der Waals surface area contributed by atoms with E-state index in [-0.39, 0.29) is 18.0 Å². The highest BCUT2D eigenvalue weighted by Crippen LogP contribution is 2.29. The molecule has 0 saturated carbocycles. The van der Waals surface area contributed by atoms with Gasteiger partial charge in [-0.1, -0.05) is 0 Å². The largest absolute Gasteiger partial charge is 0.298 e. The van der Waals surface area contributed by atoms with Gasteiger partial charge in [0.25, 0.3) is 5.78 Å². The molecule has 0 spiro atoms. The Bertz CT molecular complexity index is 929. The van der Waals surface area contributed by atoms with Crippen LogP contribution in [-0.2, 0) is 6.54 Å². The zero-order valence-corrected chi connectivity index (χ0v) is 14.9. The molecule has 1 aliphatic rings. The summed E-state index contributed by atoms with van der Waals surface area (Å²) in [7, 11) is 0. The second-order valence-electron chi connectivity index (χ2n) is 7.08. The van der Waals surface area contributed by atoms with Gasteiger partial charge in [0.05, 0.1) is 5.69 Å². The zero-order valence-electron chi connectivity index (χ0n) is 14.9. The molecule has 0 bridgehead atoms. The lowest BCUT2D eigenvalue weighted by Gasteiger charge is -2.33. The average molecular weight is 357 g/mol. The third-order valence-corrected chi connectivity index (χ3v) is 5.00. The molecule has 3 aromatic rings. The van der Waals surface area contributed by atoms with Crippen LogP contribution in [0.2, 0.25) is 0 Å². The van der Waals surface area contributed by atoms with E-state index < -0.39 is 11.6 Å². The Balaban J connectivity index is 1.59. The fraction of sp³-hybridized carbons (Fsp3) is 0.421. The van der Waals surface area contributed by atoms with Gasteiger partial charge in [0, 0.05) is 30.3 Å². The maximum Gasteiger partial charge on any atom is 0.252 e. The number of rotatable bonds is 3. The number of fused-ring (bicyclic) bond motifs is 1. The van der Waals surface area contributed by atoms with Crippen molar-refractivity contribution in [2.45, 2.75) is 39.2 Å². The smallest absolute Gasteiger partial charge is 0.252 e. The van der Waals surface area contributed by atoms with Gasteiger partial charge >= 0.3 is 0 Å². The third kappa shape index (κ3) is 3.19. The van der Waals surface area contributed by atoms with E-state index in [1.165, 1.54) is 18.5 Å². The quantitative estimate of drug-likeness (QED) is 0.721. The molecule has 3 heterocycles. The normalized spacial score (nSPS) is 18.5. The van der Waals surface area contributed by atoms with E-state index in [0.29, 0.717) is 11.3 Å². The minimum absolute atomic E-state index is 0.146. The molecule has 1 aliphatic heterocycles. The first-order valence-electron chi connectivity index (χ1n) is 8.85. The van der Waals surface area contributed by atoms with Crippen LogP contribution in [0.5, 0.6) is 0 Å². The summed E-state index contributed by atoms with van der Waals surface area (Å²) in [6, 6.07) is 4.82. The molecular weight excluding hydrogens is 336 g/mol. The topological polar surface area (TPSA) is 46.3 Å². The number of nitrogens with zero attached hydrogens (tertiary/aromatic N) is 5. The van der Waals surface area contributed by atoms with Gasteiger partial charge in [-0.3, -0.25) is 4.90 Å². The van der Waals surface area contributed by atoms with Gasteiger partial charge in [0.15, 0.2) is 0 Å². The lowest BCUT2D eigenvalue weighted by atomic mass is 9.93. The van der Waals surface area contributed by atoms with Crippen molar-refractivity contribution in [2.75, 3.05) is 13.1 Å². The molecular formula is C19H21F2N5. The number of piperidine rings is 1. The number of benzene rings is 1. The second-order valence-corrected chi connectivity index (χ2v) is 7.08. The third-order valence-electron chi connectivity index (χ3n) is 5.00. The van der Waals surface area contributed by atoms with E-state index in [9.17, 15) is 8.78 Å². The maximum absolute atomic E-state index is 14.2. The first kappa shape index (κ1) is 17.0. The van der Waals surface area contributed by atoms with Crippen molar-refractivity contribution in [3.63, 3.8) is 0 Å². The van der Waals surface area contributed by atoms with Crippen molar-refractivity contribution in [2.24, 2.45) is 0 Å². The number of aromatic nitrogens is 4. The summed E-state index contributed by atoms with van der Waals surface area (Å²) in [5.74, 6) is -0.120. The molecule has 0 amide bonds. The van der Waals surface area contributed by atoms with Crippen molar-refractivity contribution in [1.82, 2.24) is 24.5 Å². The van der Waals surface area contributed by atoms with Crippen molar-refractivity contribution < 1.29 is 8.78 Å². The van der Waals surface area contributed by atoms with Crippen LogP contribution in [0.3, 0.4) is 0 Å². The Morgan fingerprint density at radius 1 is 1.15 bits per heavy atom. The fourth-order valence-corrected chi connectivity index (χ4v) is 3.79. The lowest BCUT2D eigenvalue weighted by Crippen LogP contribution is -2.35. The molecule has 7 heteroatoms. The number of hydrogen-bond acceptors (Lipinski definition) is 4. The van der Waals surface area contributed by atoms with Gasteiger partial charge in [-0.25, -0.2) is 18.3 Å². The summed E-state index contributed by atoms with van der Waals surface area (Å²) in [4.78, 5) is 10.7. The zero-order chi connectivity index (χ0) is 18.3. The maximum atomic E-state index is 14.2. The van der Waals surface area contributed by atoms with Crippen molar-refractivity contribution in [3.8, 4) is 0 Å². The minimum atomic E-state index is -0.469. The Morgan fingerprint density at radius 3 is 2.69 bits per heavy atom. The van der Waals surface area contributed by atoms with E-state index in [0.717, 1.165) is 37.3 Å². The number of aryl methyl sites for hydroxylation is 2. The van der Waals surface area contributed by atoms with Crippen molar-refractivity contribution >= 4 is 5.78 Å². The standard InChI is InChI=1S/C19H21F2N5/c1-12-6-16(20)15(17(21)7-12)10-25-5-3-4-14(9-25)18-8-13(2)24-19-22-11-23-26(18)19/h6-8,11,14H,3-5,9-10H2,1-2H3. The highest BCUT2D eigenvalue weighted by molar-refractivity contribution is 5.32. The average Bonchev–Trinajstić information content (AvgIpc) is 3.06. The van der Waals surface area contributed by atoms with Gasteiger partial charge in [0.2, 0.25) is 0 Å². The summed E-state index contributed by atoms with van der Waals surface area (Å²) in [6.07, 6.45) is 3.48. The molecule has 4 rings (SSSR count). The van der Waals surface area contributed by atoms with Crippen LogP contribution in [0.15, 0.2) is 24.5 Å². The molecule has 26 heavy (non-hydrogen) atoms. The van der Waals surface area contributed by atoms with Crippen LogP contribution >= 0.6 is 0 Å². The number of halogens is 2. The highest BCUT2D eigenvalue weighted by atomic mass is 19.1. The molecule has 0 N–H and O–H groups in total. The number of hydrogen-bond donors (Lipinski definition) is 0.